The molecule has 0 fully saturated rings. The summed E-state index contributed by atoms with van der Waals surface area (Å²) in [5.41, 5.74) is 0.775. The normalized spacial score (nSPS) is 10.9. The van der Waals surface area contributed by atoms with E-state index in [0.717, 1.165) is 12.1 Å². The van der Waals surface area contributed by atoms with Crippen LogP contribution in [0.3, 0.4) is 0 Å². The summed E-state index contributed by atoms with van der Waals surface area (Å²) in [7, 11) is 0. The Morgan fingerprint density at radius 2 is 2.00 bits per heavy atom. The number of rotatable bonds is 2. The summed E-state index contributed by atoms with van der Waals surface area (Å²) >= 11 is 6.05. The first kappa shape index (κ1) is 12.7. The molecule has 3 aromatic rings. The van der Waals surface area contributed by atoms with Crippen molar-refractivity contribution >= 4 is 28.4 Å². The maximum atomic E-state index is 13.2. The minimum absolute atomic E-state index is 0.0460. The second-order valence-electron chi connectivity index (χ2n) is 4.18. The number of nitrogens with zero attached hydrogens (tertiary/aromatic N) is 1. The van der Waals surface area contributed by atoms with Gasteiger partial charge in [0.2, 0.25) is 0 Å². The number of ketones is 1. The van der Waals surface area contributed by atoms with E-state index in [4.69, 9.17) is 11.6 Å². The largest absolute Gasteiger partial charge is 0.345 e. The first-order valence-electron chi connectivity index (χ1n) is 5.69. The SMILES string of the molecule is O=C(c1ccc(F)c(F)c1)c1c[nH]c2nccc(Cl)c12. The number of aromatic nitrogens is 2. The third-order valence-corrected chi connectivity index (χ3v) is 3.26. The number of carbonyl (C=O) groups is 1. The van der Waals surface area contributed by atoms with E-state index >= 15 is 0 Å². The molecule has 0 amide bonds. The Labute approximate surface area is 117 Å². The van der Waals surface area contributed by atoms with Gasteiger partial charge in [-0.3, -0.25) is 4.79 Å². The lowest BCUT2D eigenvalue weighted by Gasteiger charge is -2.01. The van der Waals surface area contributed by atoms with Crippen molar-refractivity contribution in [2.75, 3.05) is 0 Å². The van der Waals surface area contributed by atoms with E-state index in [2.05, 4.69) is 9.97 Å². The van der Waals surface area contributed by atoms with Crippen LogP contribution in [0.4, 0.5) is 8.78 Å². The zero-order valence-electron chi connectivity index (χ0n) is 9.95. The van der Waals surface area contributed by atoms with Crippen LogP contribution in [-0.2, 0) is 0 Å². The standard InChI is InChI=1S/C14H7ClF2N2O/c15-9-3-4-18-14-12(9)8(6-19-14)13(20)7-1-2-10(16)11(17)5-7/h1-6H,(H,18,19). The van der Waals surface area contributed by atoms with Crippen LogP contribution in [0.25, 0.3) is 11.0 Å². The molecule has 0 aliphatic heterocycles. The van der Waals surface area contributed by atoms with E-state index in [0.29, 0.717) is 16.1 Å². The van der Waals surface area contributed by atoms with Crippen molar-refractivity contribution < 1.29 is 13.6 Å². The molecule has 0 saturated carbocycles. The molecule has 0 atom stereocenters. The average Bonchev–Trinajstić information content (AvgIpc) is 2.86. The molecule has 3 rings (SSSR count). The van der Waals surface area contributed by atoms with Crippen LogP contribution in [0.15, 0.2) is 36.7 Å². The maximum absolute atomic E-state index is 13.2. The number of fused-ring (bicyclic) bond motifs is 1. The molecule has 0 aliphatic carbocycles. The summed E-state index contributed by atoms with van der Waals surface area (Å²) in [4.78, 5) is 19.2. The average molecular weight is 293 g/mol. The van der Waals surface area contributed by atoms with E-state index in [1.54, 1.807) is 6.07 Å². The summed E-state index contributed by atoms with van der Waals surface area (Å²) in [6.07, 6.45) is 2.96. The van der Waals surface area contributed by atoms with Gasteiger partial charge in [-0.2, -0.15) is 0 Å². The van der Waals surface area contributed by atoms with Crippen molar-refractivity contribution in [2.24, 2.45) is 0 Å². The zero-order chi connectivity index (χ0) is 14.3. The van der Waals surface area contributed by atoms with E-state index in [-0.39, 0.29) is 11.1 Å². The van der Waals surface area contributed by atoms with Gasteiger partial charge in [-0.05, 0) is 24.3 Å². The zero-order valence-corrected chi connectivity index (χ0v) is 10.7. The number of benzene rings is 1. The van der Waals surface area contributed by atoms with E-state index < -0.39 is 17.4 Å². The van der Waals surface area contributed by atoms with E-state index in [1.807, 2.05) is 0 Å². The van der Waals surface area contributed by atoms with E-state index in [1.165, 1.54) is 18.5 Å². The summed E-state index contributed by atoms with van der Waals surface area (Å²) in [6.45, 7) is 0. The Hall–Kier alpha value is -2.27. The summed E-state index contributed by atoms with van der Waals surface area (Å²) in [5, 5.41) is 0.825. The summed E-state index contributed by atoms with van der Waals surface area (Å²) in [5.74, 6) is -2.52. The molecule has 1 aromatic carbocycles. The fraction of sp³-hybridized carbons (Fsp3) is 0. The molecule has 3 nitrogen and oxygen atoms in total. The Morgan fingerprint density at radius 3 is 2.75 bits per heavy atom. The van der Waals surface area contributed by atoms with Crippen LogP contribution in [0.2, 0.25) is 5.02 Å². The van der Waals surface area contributed by atoms with E-state index in [9.17, 15) is 13.6 Å². The third-order valence-electron chi connectivity index (χ3n) is 2.95. The van der Waals surface area contributed by atoms with Crippen molar-refractivity contribution in [1.82, 2.24) is 9.97 Å². The van der Waals surface area contributed by atoms with Crippen molar-refractivity contribution in [3.8, 4) is 0 Å². The van der Waals surface area contributed by atoms with Crippen LogP contribution >= 0.6 is 11.6 Å². The number of hydrogen-bond donors (Lipinski definition) is 1. The smallest absolute Gasteiger partial charge is 0.195 e. The Morgan fingerprint density at radius 1 is 1.20 bits per heavy atom. The molecule has 0 unspecified atom stereocenters. The molecule has 2 heterocycles. The highest BCUT2D eigenvalue weighted by Gasteiger charge is 2.18. The summed E-state index contributed by atoms with van der Waals surface area (Å²) in [6, 6.07) is 4.56. The Bertz CT molecular complexity index is 829. The minimum atomic E-state index is -1.07. The number of halogens is 3. The van der Waals surface area contributed by atoms with Gasteiger partial charge >= 0.3 is 0 Å². The van der Waals surface area contributed by atoms with Crippen LogP contribution in [-0.4, -0.2) is 15.8 Å². The second kappa shape index (κ2) is 4.68. The lowest BCUT2D eigenvalue weighted by atomic mass is 10.0. The highest BCUT2D eigenvalue weighted by atomic mass is 35.5. The van der Waals surface area contributed by atoms with Crippen LogP contribution in [0.5, 0.6) is 0 Å². The second-order valence-corrected chi connectivity index (χ2v) is 4.58. The predicted molar refractivity (Wildman–Crippen MR) is 70.9 cm³/mol. The van der Waals surface area contributed by atoms with Crippen LogP contribution < -0.4 is 0 Å². The van der Waals surface area contributed by atoms with Gasteiger partial charge in [0.25, 0.3) is 0 Å². The van der Waals surface area contributed by atoms with Gasteiger partial charge in [0.15, 0.2) is 17.4 Å². The first-order chi connectivity index (χ1) is 9.58. The molecule has 1 N–H and O–H groups in total. The van der Waals surface area contributed by atoms with Gasteiger partial charge in [0.1, 0.15) is 5.65 Å². The van der Waals surface area contributed by atoms with Gasteiger partial charge in [-0.1, -0.05) is 11.6 Å². The van der Waals surface area contributed by atoms with Gasteiger partial charge in [-0.25, -0.2) is 13.8 Å². The molecule has 6 heteroatoms. The Kier molecular flexibility index (Phi) is 2.99. The lowest BCUT2D eigenvalue weighted by Crippen LogP contribution is -2.02. The maximum Gasteiger partial charge on any atom is 0.195 e. The van der Waals surface area contributed by atoms with Crippen LogP contribution in [0.1, 0.15) is 15.9 Å². The quantitative estimate of drug-likeness (QED) is 0.732. The molecule has 100 valence electrons. The molecule has 0 aliphatic rings. The monoisotopic (exact) mass is 292 g/mol. The lowest BCUT2D eigenvalue weighted by molar-refractivity contribution is 0.104. The molecule has 20 heavy (non-hydrogen) atoms. The molecule has 0 saturated heterocycles. The fourth-order valence-electron chi connectivity index (χ4n) is 1.99. The van der Waals surface area contributed by atoms with Gasteiger partial charge < -0.3 is 4.98 Å². The number of H-pyrrole nitrogens is 1. The highest BCUT2D eigenvalue weighted by molar-refractivity contribution is 6.37. The molecular weight excluding hydrogens is 286 g/mol. The highest BCUT2D eigenvalue weighted by Crippen LogP contribution is 2.27. The molecule has 0 spiro atoms. The van der Waals surface area contributed by atoms with Crippen molar-refractivity contribution in [3.05, 3.63) is 64.4 Å². The number of carbonyl (C=O) groups excluding carboxylic acids is 1. The third kappa shape index (κ3) is 1.96. The van der Waals surface area contributed by atoms with Crippen LogP contribution in [0, 0.1) is 11.6 Å². The number of nitrogens with one attached hydrogen (secondary N) is 1. The van der Waals surface area contributed by atoms with Crippen molar-refractivity contribution in [1.29, 1.82) is 0 Å². The van der Waals surface area contributed by atoms with Crippen molar-refractivity contribution in [2.45, 2.75) is 0 Å². The number of aromatic amines is 1. The molecule has 0 bridgehead atoms. The molecule has 2 aromatic heterocycles. The number of pyridine rings is 1. The van der Waals surface area contributed by atoms with Crippen molar-refractivity contribution in [3.63, 3.8) is 0 Å². The minimum Gasteiger partial charge on any atom is -0.345 e. The molecule has 0 radical (unpaired) electrons. The fourth-order valence-corrected chi connectivity index (χ4v) is 2.24. The van der Waals surface area contributed by atoms with Gasteiger partial charge in [0.05, 0.1) is 10.6 Å². The number of hydrogen-bond acceptors (Lipinski definition) is 2. The first-order valence-corrected chi connectivity index (χ1v) is 6.07. The van der Waals surface area contributed by atoms with Gasteiger partial charge in [-0.15, -0.1) is 0 Å². The summed E-state index contributed by atoms with van der Waals surface area (Å²) < 4.78 is 26.1. The Balaban J connectivity index is 2.15. The topological polar surface area (TPSA) is 45.8 Å². The predicted octanol–water partition coefficient (Wildman–Crippen LogP) is 3.73. The van der Waals surface area contributed by atoms with Gasteiger partial charge in [0, 0.05) is 23.3 Å². The molecular formula is C14H7ClF2N2O.